The molecule has 1 saturated carbocycles. The molecule has 0 saturated heterocycles. The van der Waals surface area contributed by atoms with Gasteiger partial charge in [-0.3, -0.25) is 10.1 Å². The summed E-state index contributed by atoms with van der Waals surface area (Å²) in [5.74, 6) is 1.77. The van der Waals surface area contributed by atoms with Crippen LogP contribution in [0.25, 0.3) is 0 Å². The number of benzene rings is 1. The first-order valence-electron chi connectivity index (χ1n) is 9.28. The Morgan fingerprint density at radius 2 is 1.96 bits per heavy atom. The van der Waals surface area contributed by atoms with Gasteiger partial charge < -0.3 is 10.1 Å². The van der Waals surface area contributed by atoms with E-state index in [-0.39, 0.29) is 18.0 Å². The molecule has 0 bridgehead atoms. The van der Waals surface area contributed by atoms with Crippen molar-refractivity contribution in [3.63, 3.8) is 0 Å². The Morgan fingerprint density at radius 1 is 1.25 bits per heavy atom. The lowest BCUT2D eigenvalue weighted by Gasteiger charge is -2.28. The van der Waals surface area contributed by atoms with Crippen LogP contribution in [0.15, 0.2) is 24.3 Å². The molecule has 0 spiro atoms. The number of ether oxygens (including phenoxy) is 1. The summed E-state index contributed by atoms with van der Waals surface area (Å²) in [6.45, 7) is 8.94. The molecule has 2 atom stereocenters. The van der Waals surface area contributed by atoms with Crippen LogP contribution >= 0.6 is 0 Å². The van der Waals surface area contributed by atoms with Gasteiger partial charge in [0.2, 0.25) is 5.91 Å². The number of hydrogen-bond acceptors (Lipinski definition) is 3. The van der Waals surface area contributed by atoms with Gasteiger partial charge in [-0.1, -0.05) is 19.1 Å². The number of rotatable bonds is 7. The van der Waals surface area contributed by atoms with Gasteiger partial charge in [-0.15, -0.1) is 0 Å². The highest BCUT2D eigenvalue weighted by atomic mass is 16.5. The zero-order valence-electron chi connectivity index (χ0n) is 15.5. The molecule has 1 aromatic carbocycles. The van der Waals surface area contributed by atoms with Crippen molar-refractivity contribution in [3.8, 4) is 5.75 Å². The van der Waals surface area contributed by atoms with E-state index in [0.717, 1.165) is 30.1 Å². The molecule has 2 rings (SSSR count). The Balaban J connectivity index is 1.85. The van der Waals surface area contributed by atoms with Crippen molar-refractivity contribution in [2.45, 2.75) is 71.5 Å². The molecule has 0 radical (unpaired) electrons. The van der Waals surface area contributed by atoms with Gasteiger partial charge in [-0.2, -0.15) is 0 Å². The predicted octanol–water partition coefficient (Wildman–Crippen LogP) is 3.82. The van der Waals surface area contributed by atoms with Gasteiger partial charge in [0.05, 0.1) is 12.6 Å². The van der Waals surface area contributed by atoms with E-state index in [0.29, 0.717) is 12.6 Å². The second-order valence-corrected chi connectivity index (χ2v) is 7.08. The van der Waals surface area contributed by atoms with E-state index in [1.165, 1.54) is 12.8 Å². The van der Waals surface area contributed by atoms with Gasteiger partial charge >= 0.3 is 0 Å². The minimum atomic E-state index is -0.213. The number of carbonyl (C=O) groups is 1. The molecule has 1 amide bonds. The fourth-order valence-electron chi connectivity index (χ4n) is 3.32. The van der Waals surface area contributed by atoms with E-state index in [1.807, 2.05) is 32.0 Å². The van der Waals surface area contributed by atoms with E-state index in [1.54, 1.807) is 0 Å². The van der Waals surface area contributed by atoms with Crippen LogP contribution in [0.3, 0.4) is 0 Å². The lowest BCUT2D eigenvalue weighted by molar-refractivity contribution is -0.123. The highest BCUT2D eigenvalue weighted by Gasteiger charge is 2.23. The zero-order chi connectivity index (χ0) is 17.5. The molecule has 0 aliphatic heterocycles. The molecule has 4 heteroatoms. The summed E-state index contributed by atoms with van der Waals surface area (Å²) >= 11 is 0. The molecule has 24 heavy (non-hydrogen) atoms. The first kappa shape index (κ1) is 18.8. The number of hydrogen-bond donors (Lipinski definition) is 2. The topological polar surface area (TPSA) is 50.4 Å². The Bertz CT molecular complexity index is 524. The summed E-state index contributed by atoms with van der Waals surface area (Å²) in [6, 6.07) is 8.27. The quantitative estimate of drug-likeness (QED) is 0.798. The molecular weight excluding hydrogens is 300 g/mol. The lowest BCUT2D eigenvalue weighted by atomic mass is 9.87. The molecule has 4 nitrogen and oxygen atoms in total. The Morgan fingerprint density at radius 3 is 2.62 bits per heavy atom. The van der Waals surface area contributed by atoms with Crippen molar-refractivity contribution in [2.75, 3.05) is 6.61 Å². The fraction of sp³-hybridized carbons (Fsp3) is 0.650. The van der Waals surface area contributed by atoms with E-state index in [2.05, 4.69) is 30.5 Å². The Kier molecular flexibility index (Phi) is 7.10. The Labute approximate surface area is 146 Å². The molecule has 1 aromatic rings. The maximum atomic E-state index is 12.4. The highest BCUT2D eigenvalue weighted by molar-refractivity contribution is 5.81. The summed E-state index contributed by atoms with van der Waals surface area (Å²) < 4.78 is 5.55. The van der Waals surface area contributed by atoms with Crippen molar-refractivity contribution in [2.24, 2.45) is 5.92 Å². The average molecular weight is 332 g/mol. The monoisotopic (exact) mass is 332 g/mol. The smallest absolute Gasteiger partial charge is 0.237 e. The van der Waals surface area contributed by atoms with E-state index in [9.17, 15) is 4.79 Å². The van der Waals surface area contributed by atoms with Crippen molar-refractivity contribution >= 4 is 5.91 Å². The maximum Gasteiger partial charge on any atom is 0.237 e. The first-order valence-corrected chi connectivity index (χ1v) is 9.28. The maximum absolute atomic E-state index is 12.4. The molecule has 1 aliphatic carbocycles. The van der Waals surface area contributed by atoms with E-state index in [4.69, 9.17) is 4.74 Å². The predicted molar refractivity (Wildman–Crippen MR) is 98.2 cm³/mol. The van der Waals surface area contributed by atoms with Crippen LogP contribution in [0, 0.1) is 5.92 Å². The van der Waals surface area contributed by atoms with Gasteiger partial charge in [0, 0.05) is 12.1 Å². The third-order valence-corrected chi connectivity index (χ3v) is 4.92. The first-order chi connectivity index (χ1) is 11.5. The van der Waals surface area contributed by atoms with Crippen molar-refractivity contribution in [1.29, 1.82) is 0 Å². The molecule has 134 valence electrons. The molecule has 1 fully saturated rings. The summed E-state index contributed by atoms with van der Waals surface area (Å²) in [4.78, 5) is 12.4. The second-order valence-electron chi connectivity index (χ2n) is 7.08. The van der Waals surface area contributed by atoms with Gasteiger partial charge in [0.15, 0.2) is 0 Å². The molecule has 0 aromatic heterocycles. The van der Waals surface area contributed by atoms with Crippen LogP contribution in [0.5, 0.6) is 5.75 Å². The van der Waals surface area contributed by atoms with Crippen LogP contribution in [0.2, 0.25) is 0 Å². The summed E-state index contributed by atoms with van der Waals surface area (Å²) in [6.07, 6.45) is 4.64. The molecule has 2 unspecified atom stereocenters. The third kappa shape index (κ3) is 5.52. The zero-order valence-corrected chi connectivity index (χ0v) is 15.5. The minimum absolute atomic E-state index is 0.0949. The van der Waals surface area contributed by atoms with E-state index >= 15 is 0 Å². The van der Waals surface area contributed by atoms with Crippen LogP contribution in [-0.4, -0.2) is 24.6 Å². The van der Waals surface area contributed by atoms with Gasteiger partial charge in [0.25, 0.3) is 0 Å². The molecule has 2 N–H and O–H groups in total. The van der Waals surface area contributed by atoms with Crippen molar-refractivity contribution < 1.29 is 9.53 Å². The summed E-state index contributed by atoms with van der Waals surface area (Å²) in [5.41, 5.74) is 1.13. The van der Waals surface area contributed by atoms with Crippen LogP contribution in [0.4, 0.5) is 0 Å². The van der Waals surface area contributed by atoms with Crippen LogP contribution < -0.4 is 15.4 Å². The minimum Gasteiger partial charge on any atom is -0.494 e. The number of carbonyl (C=O) groups excluding carboxylic acids is 1. The van der Waals surface area contributed by atoms with Gasteiger partial charge in [-0.05, 0) is 70.1 Å². The summed E-state index contributed by atoms with van der Waals surface area (Å²) in [7, 11) is 0. The Hall–Kier alpha value is -1.55. The molecular formula is C20H32N2O2. The van der Waals surface area contributed by atoms with Gasteiger partial charge in [-0.25, -0.2) is 0 Å². The molecule has 0 heterocycles. The fourth-order valence-corrected chi connectivity index (χ4v) is 3.32. The van der Waals surface area contributed by atoms with Gasteiger partial charge in [0.1, 0.15) is 5.75 Å². The molecule has 1 aliphatic rings. The van der Waals surface area contributed by atoms with Crippen molar-refractivity contribution in [1.82, 2.24) is 10.6 Å². The second kappa shape index (κ2) is 9.07. The van der Waals surface area contributed by atoms with Crippen LogP contribution in [-0.2, 0) is 4.79 Å². The third-order valence-electron chi connectivity index (χ3n) is 4.92. The highest BCUT2D eigenvalue weighted by Crippen LogP contribution is 2.23. The largest absolute Gasteiger partial charge is 0.494 e. The number of nitrogens with one attached hydrogen (secondary N) is 2. The summed E-state index contributed by atoms with van der Waals surface area (Å²) in [5, 5.41) is 6.60. The van der Waals surface area contributed by atoms with Crippen molar-refractivity contribution in [3.05, 3.63) is 29.8 Å². The average Bonchev–Trinajstić information content (AvgIpc) is 2.57. The standard InChI is InChI=1S/C20H32N2O2/c1-5-24-19-8-6-7-17(13-19)15(3)21-16(4)20(23)22-18-11-9-14(2)10-12-18/h6-8,13-16,18,21H,5,9-12H2,1-4H3,(H,22,23). The SMILES string of the molecule is CCOc1cccc(C(C)NC(C)C(=O)NC2CCC(C)CC2)c1. The van der Waals surface area contributed by atoms with Crippen LogP contribution in [0.1, 0.15) is 65.0 Å². The normalized spacial score (nSPS) is 23.3. The van der Waals surface area contributed by atoms with E-state index < -0.39 is 0 Å². The number of amides is 1. The lowest BCUT2D eigenvalue weighted by Crippen LogP contribution is -2.47.